The van der Waals surface area contributed by atoms with Crippen LogP contribution in [0.4, 0.5) is 24.7 Å². The second-order valence-electron chi connectivity index (χ2n) is 12.8. The van der Waals surface area contributed by atoms with E-state index in [4.69, 9.17) is 15.2 Å². The molecule has 5 heterocycles. The number of aromatic nitrogens is 4. The lowest BCUT2D eigenvalue weighted by atomic mass is 10.0. The molecule has 2 aliphatic rings. The molecule has 2 fully saturated rings. The van der Waals surface area contributed by atoms with Gasteiger partial charge in [0.15, 0.2) is 0 Å². The molecule has 7 rings (SSSR count). The minimum atomic E-state index is -3.07. The molecule has 0 spiro atoms. The molecule has 2 aromatic carbocycles. The van der Waals surface area contributed by atoms with Gasteiger partial charge in [0.2, 0.25) is 5.43 Å². The number of nitrogens with zero attached hydrogens (tertiary/aromatic N) is 5. The standard InChI is InChI=1S/C37H34F3N7O5/c38-27-5-1-23(2-6-27)16-45-19-31(33(48)32(20-45)36(50)46-10-9-37(39,40)22-46)35(49)44-28-7-3-24(4-8-28)30-13-25(14-42-34(30)41)26-15-43-47(17-26)18-29-21-51-11-12-52-29/h1-8,13-15,17,19-20,29H,9-12,16,18,21-22H2,(H2,41,42)(H,44,49)/t29-/m0/s1. The Hall–Kier alpha value is -5.80. The molecule has 3 N–H and O–H groups in total. The number of amides is 2. The van der Waals surface area contributed by atoms with E-state index in [1.165, 1.54) is 41.2 Å². The van der Waals surface area contributed by atoms with E-state index in [0.29, 0.717) is 54.6 Å². The van der Waals surface area contributed by atoms with Gasteiger partial charge >= 0.3 is 0 Å². The number of halogens is 3. The fraction of sp³-hybridized carbons (Fsp3) is 0.270. The summed E-state index contributed by atoms with van der Waals surface area (Å²) in [6.45, 7) is 1.19. The Bertz CT molecular complexity index is 2160. The third-order valence-corrected chi connectivity index (χ3v) is 8.90. The maximum absolute atomic E-state index is 14.0. The molecular weight excluding hydrogens is 679 g/mol. The SMILES string of the molecule is Nc1ncc(-c2cnn(C[C@H]3COCCO3)c2)cc1-c1ccc(NC(=O)c2cn(Cc3ccc(F)cc3)cc(C(=O)N3CCC(F)(F)C3)c2=O)cc1. The van der Waals surface area contributed by atoms with Crippen LogP contribution in [-0.4, -0.2) is 81.0 Å². The van der Waals surface area contributed by atoms with Crippen molar-refractivity contribution >= 4 is 23.3 Å². The molecule has 0 saturated carbocycles. The number of carbonyl (C=O) groups is 2. The lowest BCUT2D eigenvalue weighted by Crippen LogP contribution is -2.37. The number of ether oxygens (including phenoxy) is 2. The highest BCUT2D eigenvalue weighted by Crippen LogP contribution is 2.31. The number of hydrogen-bond donors (Lipinski definition) is 2. The van der Waals surface area contributed by atoms with Gasteiger partial charge in [0, 0.05) is 66.7 Å². The lowest BCUT2D eigenvalue weighted by Gasteiger charge is -2.22. The number of rotatable bonds is 9. The number of pyridine rings is 2. The number of alkyl halides is 2. The van der Waals surface area contributed by atoms with E-state index in [-0.39, 0.29) is 24.8 Å². The summed E-state index contributed by atoms with van der Waals surface area (Å²) >= 11 is 0. The molecule has 5 aromatic rings. The summed E-state index contributed by atoms with van der Waals surface area (Å²) in [6.07, 6.45) is 7.18. The van der Waals surface area contributed by atoms with Crippen LogP contribution in [0.1, 0.15) is 32.7 Å². The van der Waals surface area contributed by atoms with Crippen molar-refractivity contribution in [2.75, 3.05) is 44.0 Å². The molecule has 3 aromatic heterocycles. The number of carbonyl (C=O) groups excluding carboxylic acids is 2. The first-order valence-electron chi connectivity index (χ1n) is 16.6. The van der Waals surface area contributed by atoms with E-state index in [2.05, 4.69) is 15.4 Å². The van der Waals surface area contributed by atoms with Crippen molar-refractivity contribution in [3.05, 3.63) is 118 Å². The van der Waals surface area contributed by atoms with Gasteiger partial charge < -0.3 is 30.0 Å². The van der Waals surface area contributed by atoms with Crippen LogP contribution in [0.5, 0.6) is 0 Å². The van der Waals surface area contributed by atoms with Gasteiger partial charge in [0.1, 0.15) is 28.9 Å². The maximum atomic E-state index is 14.0. The van der Waals surface area contributed by atoms with Crippen molar-refractivity contribution in [2.24, 2.45) is 0 Å². The predicted molar refractivity (Wildman–Crippen MR) is 185 cm³/mol. The van der Waals surface area contributed by atoms with Gasteiger partial charge in [-0.2, -0.15) is 5.10 Å². The highest BCUT2D eigenvalue weighted by molar-refractivity contribution is 6.06. The van der Waals surface area contributed by atoms with Crippen LogP contribution in [0, 0.1) is 5.82 Å². The number of anilines is 2. The van der Waals surface area contributed by atoms with Gasteiger partial charge in [0.25, 0.3) is 17.7 Å². The first-order chi connectivity index (χ1) is 25.0. The van der Waals surface area contributed by atoms with E-state index in [9.17, 15) is 27.6 Å². The summed E-state index contributed by atoms with van der Waals surface area (Å²) in [6, 6.07) is 14.2. The van der Waals surface area contributed by atoms with Crippen molar-refractivity contribution in [3.8, 4) is 22.3 Å². The Kier molecular flexibility index (Phi) is 9.62. The first-order valence-corrected chi connectivity index (χ1v) is 16.6. The van der Waals surface area contributed by atoms with Gasteiger partial charge in [-0.3, -0.25) is 19.1 Å². The van der Waals surface area contributed by atoms with Gasteiger partial charge in [0.05, 0.1) is 39.1 Å². The van der Waals surface area contributed by atoms with Crippen LogP contribution >= 0.6 is 0 Å². The lowest BCUT2D eigenvalue weighted by molar-refractivity contribution is -0.0946. The zero-order chi connectivity index (χ0) is 36.4. The Morgan fingerprint density at radius 1 is 0.962 bits per heavy atom. The molecule has 2 aliphatic heterocycles. The van der Waals surface area contributed by atoms with Crippen LogP contribution in [0.15, 0.2) is 90.4 Å². The number of benzene rings is 2. The predicted octanol–water partition coefficient (Wildman–Crippen LogP) is 4.69. The van der Waals surface area contributed by atoms with Crippen LogP contribution < -0.4 is 16.5 Å². The minimum absolute atomic E-state index is 0.0746. The van der Waals surface area contributed by atoms with E-state index in [1.54, 1.807) is 41.3 Å². The van der Waals surface area contributed by atoms with Crippen molar-refractivity contribution in [2.45, 2.75) is 31.5 Å². The van der Waals surface area contributed by atoms with Crippen LogP contribution in [0.2, 0.25) is 0 Å². The third kappa shape index (κ3) is 7.75. The molecule has 0 radical (unpaired) electrons. The molecule has 15 heteroatoms. The number of likely N-dealkylation sites (tertiary alicyclic amines) is 1. The van der Waals surface area contributed by atoms with Gasteiger partial charge in [-0.05, 0) is 41.5 Å². The Morgan fingerprint density at radius 3 is 2.44 bits per heavy atom. The smallest absolute Gasteiger partial charge is 0.267 e. The fourth-order valence-corrected chi connectivity index (χ4v) is 6.18. The number of hydrogen-bond acceptors (Lipinski definition) is 8. The molecule has 2 amide bonds. The van der Waals surface area contributed by atoms with Crippen molar-refractivity contribution in [3.63, 3.8) is 0 Å². The molecule has 52 heavy (non-hydrogen) atoms. The Morgan fingerprint density at radius 2 is 1.73 bits per heavy atom. The average molecular weight is 714 g/mol. The van der Waals surface area contributed by atoms with Crippen LogP contribution in [0.3, 0.4) is 0 Å². The minimum Gasteiger partial charge on any atom is -0.383 e. The van der Waals surface area contributed by atoms with E-state index >= 15 is 0 Å². The maximum Gasteiger partial charge on any atom is 0.267 e. The van der Waals surface area contributed by atoms with Crippen molar-refractivity contribution in [1.29, 1.82) is 0 Å². The molecule has 1 atom stereocenters. The van der Waals surface area contributed by atoms with Crippen LogP contribution in [0.25, 0.3) is 22.3 Å². The summed E-state index contributed by atoms with van der Waals surface area (Å²) in [5.41, 5.74) is 8.50. The summed E-state index contributed by atoms with van der Waals surface area (Å²) in [4.78, 5) is 45.7. The zero-order valence-electron chi connectivity index (χ0n) is 27.8. The molecule has 268 valence electrons. The zero-order valence-corrected chi connectivity index (χ0v) is 27.8. The summed E-state index contributed by atoms with van der Waals surface area (Å²) in [5.74, 6) is -4.94. The number of nitrogens with one attached hydrogen (secondary N) is 1. The number of nitrogen functional groups attached to an aromatic ring is 1. The molecule has 12 nitrogen and oxygen atoms in total. The summed E-state index contributed by atoms with van der Waals surface area (Å²) in [7, 11) is 0. The summed E-state index contributed by atoms with van der Waals surface area (Å²) < 4.78 is 55.8. The molecule has 0 unspecified atom stereocenters. The molecule has 0 aliphatic carbocycles. The van der Waals surface area contributed by atoms with E-state index in [0.717, 1.165) is 16.0 Å². The van der Waals surface area contributed by atoms with Gasteiger partial charge in [-0.15, -0.1) is 0 Å². The summed E-state index contributed by atoms with van der Waals surface area (Å²) in [5, 5.41) is 7.13. The normalized spacial score (nSPS) is 16.9. The largest absolute Gasteiger partial charge is 0.383 e. The topological polar surface area (TPSA) is 147 Å². The molecule has 2 saturated heterocycles. The molecular formula is C37H34F3N7O5. The van der Waals surface area contributed by atoms with Crippen molar-refractivity contribution in [1.82, 2.24) is 24.2 Å². The Balaban J connectivity index is 1.11. The third-order valence-electron chi connectivity index (χ3n) is 8.90. The highest BCUT2D eigenvalue weighted by atomic mass is 19.3. The Labute approximate surface area is 295 Å². The fourth-order valence-electron chi connectivity index (χ4n) is 6.18. The van der Waals surface area contributed by atoms with Gasteiger partial charge in [-0.25, -0.2) is 18.2 Å². The van der Waals surface area contributed by atoms with E-state index < -0.39 is 47.5 Å². The second kappa shape index (κ2) is 14.4. The van der Waals surface area contributed by atoms with Crippen LogP contribution in [-0.2, 0) is 22.6 Å². The monoisotopic (exact) mass is 713 g/mol. The highest BCUT2D eigenvalue weighted by Gasteiger charge is 2.41. The first kappa shape index (κ1) is 34.6. The second-order valence-corrected chi connectivity index (χ2v) is 12.8. The quantitative estimate of drug-likeness (QED) is 0.224. The van der Waals surface area contributed by atoms with Gasteiger partial charge in [-0.1, -0.05) is 24.3 Å². The average Bonchev–Trinajstić information content (AvgIpc) is 3.76. The molecule has 0 bridgehead atoms. The van der Waals surface area contributed by atoms with Crippen molar-refractivity contribution < 1.29 is 32.2 Å². The van der Waals surface area contributed by atoms with E-state index in [1.807, 2.05) is 12.3 Å². The number of nitrogens with two attached hydrogens (primary N) is 1.